The van der Waals surface area contributed by atoms with E-state index in [-0.39, 0.29) is 5.91 Å². The highest BCUT2D eigenvalue weighted by atomic mass is 16.5. The van der Waals surface area contributed by atoms with Crippen molar-refractivity contribution in [3.63, 3.8) is 0 Å². The molecule has 4 rings (SSSR count). The second kappa shape index (κ2) is 7.11. The topological polar surface area (TPSA) is 36.0 Å². The summed E-state index contributed by atoms with van der Waals surface area (Å²) in [5.74, 6) is 0.193. The molecule has 5 nitrogen and oxygen atoms in total. The van der Waals surface area contributed by atoms with E-state index in [0.717, 1.165) is 63.6 Å². The Morgan fingerprint density at radius 1 is 1.04 bits per heavy atom. The maximum atomic E-state index is 13.0. The summed E-state index contributed by atoms with van der Waals surface area (Å²) in [4.78, 5) is 20.0. The first-order valence-corrected chi connectivity index (χ1v) is 9.27. The van der Waals surface area contributed by atoms with Crippen LogP contribution in [0.3, 0.4) is 0 Å². The van der Waals surface area contributed by atoms with Crippen molar-refractivity contribution in [3.05, 3.63) is 29.8 Å². The van der Waals surface area contributed by atoms with Gasteiger partial charge in [0.15, 0.2) is 0 Å². The summed E-state index contributed by atoms with van der Waals surface area (Å²) in [5, 5.41) is 0. The van der Waals surface area contributed by atoms with E-state index in [4.69, 9.17) is 4.74 Å². The van der Waals surface area contributed by atoms with E-state index in [0.29, 0.717) is 6.04 Å². The van der Waals surface area contributed by atoms with Crippen molar-refractivity contribution in [3.8, 4) is 0 Å². The van der Waals surface area contributed by atoms with E-state index in [1.807, 2.05) is 12.1 Å². The van der Waals surface area contributed by atoms with Crippen LogP contribution in [-0.2, 0) is 4.74 Å². The quantitative estimate of drug-likeness (QED) is 0.829. The molecule has 1 aromatic carbocycles. The lowest BCUT2D eigenvalue weighted by Gasteiger charge is -2.29. The average molecular weight is 329 g/mol. The standard InChI is InChI=1S/C19H27N3O2/c23-19(22-9-3-8-20-7-2-6-18(20)15-22)16-4-1-5-17(14-16)21-10-12-24-13-11-21/h1,4-5,14,18H,2-3,6-13,15H2. The molecule has 5 heteroatoms. The summed E-state index contributed by atoms with van der Waals surface area (Å²) >= 11 is 0. The van der Waals surface area contributed by atoms with Gasteiger partial charge >= 0.3 is 0 Å². The van der Waals surface area contributed by atoms with Gasteiger partial charge in [-0.3, -0.25) is 9.69 Å². The average Bonchev–Trinajstić information content (AvgIpc) is 2.99. The zero-order valence-electron chi connectivity index (χ0n) is 14.3. The lowest BCUT2D eigenvalue weighted by Crippen LogP contribution is -2.40. The highest BCUT2D eigenvalue weighted by Crippen LogP contribution is 2.23. The number of hydrogen-bond acceptors (Lipinski definition) is 4. The summed E-state index contributed by atoms with van der Waals surface area (Å²) in [5.41, 5.74) is 1.96. The Balaban J connectivity index is 1.49. The fraction of sp³-hybridized carbons (Fsp3) is 0.632. The molecule has 0 aliphatic carbocycles. The molecule has 3 saturated heterocycles. The molecule has 3 aliphatic rings. The molecule has 0 radical (unpaired) electrons. The summed E-state index contributed by atoms with van der Waals surface area (Å²) < 4.78 is 5.43. The van der Waals surface area contributed by atoms with Crippen molar-refractivity contribution in [2.75, 3.05) is 57.4 Å². The Labute approximate surface area is 144 Å². The zero-order valence-corrected chi connectivity index (χ0v) is 14.3. The van der Waals surface area contributed by atoms with Gasteiger partial charge in [0.25, 0.3) is 5.91 Å². The first kappa shape index (κ1) is 15.9. The van der Waals surface area contributed by atoms with Gasteiger partial charge in [-0.15, -0.1) is 0 Å². The van der Waals surface area contributed by atoms with E-state index < -0.39 is 0 Å². The summed E-state index contributed by atoms with van der Waals surface area (Å²) in [7, 11) is 0. The smallest absolute Gasteiger partial charge is 0.253 e. The van der Waals surface area contributed by atoms with Crippen molar-refractivity contribution in [2.45, 2.75) is 25.3 Å². The molecule has 1 amide bonds. The normalized spacial score (nSPS) is 25.4. The molecule has 1 unspecified atom stereocenters. The number of fused-ring (bicyclic) bond motifs is 1. The molecule has 130 valence electrons. The number of ether oxygens (including phenoxy) is 1. The SMILES string of the molecule is O=C(c1cccc(N2CCOCC2)c1)N1CCCN2CCCC2C1. The molecule has 0 bridgehead atoms. The van der Waals surface area contributed by atoms with Crippen molar-refractivity contribution < 1.29 is 9.53 Å². The second-order valence-electron chi connectivity index (χ2n) is 7.09. The van der Waals surface area contributed by atoms with Crippen LogP contribution in [0.5, 0.6) is 0 Å². The zero-order chi connectivity index (χ0) is 16.4. The van der Waals surface area contributed by atoms with E-state index in [1.54, 1.807) is 0 Å². The Kier molecular flexibility index (Phi) is 4.72. The Morgan fingerprint density at radius 3 is 2.75 bits per heavy atom. The molecule has 0 aromatic heterocycles. The van der Waals surface area contributed by atoms with Crippen molar-refractivity contribution in [1.82, 2.24) is 9.80 Å². The maximum absolute atomic E-state index is 13.0. The first-order chi connectivity index (χ1) is 11.8. The summed E-state index contributed by atoms with van der Waals surface area (Å²) in [6.45, 7) is 7.45. The lowest BCUT2D eigenvalue weighted by atomic mass is 10.1. The van der Waals surface area contributed by atoms with Gasteiger partial charge in [0.1, 0.15) is 0 Å². The van der Waals surface area contributed by atoms with Gasteiger partial charge < -0.3 is 14.5 Å². The molecule has 24 heavy (non-hydrogen) atoms. The van der Waals surface area contributed by atoms with Crippen LogP contribution in [0.4, 0.5) is 5.69 Å². The van der Waals surface area contributed by atoms with Crippen LogP contribution in [0.25, 0.3) is 0 Å². The summed E-state index contributed by atoms with van der Waals surface area (Å²) in [6.07, 6.45) is 3.60. The van der Waals surface area contributed by atoms with E-state index in [9.17, 15) is 4.79 Å². The van der Waals surface area contributed by atoms with Gasteiger partial charge in [0.2, 0.25) is 0 Å². The van der Waals surface area contributed by atoms with Crippen LogP contribution in [0.15, 0.2) is 24.3 Å². The summed E-state index contributed by atoms with van der Waals surface area (Å²) in [6, 6.07) is 8.70. The van der Waals surface area contributed by atoms with Crippen LogP contribution in [0.1, 0.15) is 29.6 Å². The molecular weight excluding hydrogens is 302 g/mol. The Hall–Kier alpha value is -1.59. The highest BCUT2D eigenvalue weighted by Gasteiger charge is 2.31. The van der Waals surface area contributed by atoms with Gasteiger partial charge in [-0.1, -0.05) is 6.07 Å². The van der Waals surface area contributed by atoms with Gasteiger partial charge in [0, 0.05) is 50.0 Å². The number of anilines is 1. The Bertz CT molecular complexity index is 586. The molecule has 0 saturated carbocycles. The molecule has 3 aliphatic heterocycles. The fourth-order valence-electron chi connectivity index (χ4n) is 4.23. The van der Waals surface area contributed by atoms with Crippen molar-refractivity contribution in [1.29, 1.82) is 0 Å². The maximum Gasteiger partial charge on any atom is 0.253 e. The number of amides is 1. The Morgan fingerprint density at radius 2 is 1.88 bits per heavy atom. The van der Waals surface area contributed by atoms with Crippen LogP contribution in [0, 0.1) is 0 Å². The van der Waals surface area contributed by atoms with Gasteiger partial charge in [-0.05, 0) is 44.0 Å². The number of carbonyl (C=O) groups excluding carboxylic acids is 1. The third kappa shape index (κ3) is 3.28. The number of morpholine rings is 1. The van der Waals surface area contributed by atoms with Crippen molar-refractivity contribution >= 4 is 11.6 Å². The monoisotopic (exact) mass is 329 g/mol. The number of rotatable bonds is 2. The largest absolute Gasteiger partial charge is 0.378 e. The third-order valence-electron chi connectivity index (χ3n) is 5.56. The molecule has 0 spiro atoms. The predicted octanol–water partition coefficient (Wildman–Crippen LogP) is 1.83. The second-order valence-corrected chi connectivity index (χ2v) is 7.09. The van der Waals surface area contributed by atoms with Crippen LogP contribution >= 0.6 is 0 Å². The first-order valence-electron chi connectivity index (χ1n) is 9.27. The highest BCUT2D eigenvalue weighted by molar-refractivity contribution is 5.95. The number of benzene rings is 1. The van der Waals surface area contributed by atoms with Crippen LogP contribution in [0.2, 0.25) is 0 Å². The molecule has 3 fully saturated rings. The van der Waals surface area contributed by atoms with Gasteiger partial charge in [0.05, 0.1) is 13.2 Å². The van der Waals surface area contributed by atoms with Gasteiger partial charge in [-0.2, -0.15) is 0 Å². The predicted molar refractivity (Wildman–Crippen MR) is 94.6 cm³/mol. The molecule has 1 atom stereocenters. The minimum atomic E-state index is 0.193. The minimum absolute atomic E-state index is 0.193. The number of hydrogen-bond donors (Lipinski definition) is 0. The molecular formula is C19H27N3O2. The van der Waals surface area contributed by atoms with Crippen LogP contribution < -0.4 is 4.90 Å². The van der Waals surface area contributed by atoms with E-state index in [2.05, 4.69) is 26.8 Å². The van der Waals surface area contributed by atoms with Crippen LogP contribution in [-0.4, -0.2) is 74.2 Å². The number of nitrogens with zero attached hydrogens (tertiary/aromatic N) is 3. The van der Waals surface area contributed by atoms with E-state index >= 15 is 0 Å². The van der Waals surface area contributed by atoms with E-state index in [1.165, 1.54) is 19.4 Å². The van der Waals surface area contributed by atoms with Crippen molar-refractivity contribution in [2.24, 2.45) is 0 Å². The molecule has 3 heterocycles. The third-order valence-corrected chi connectivity index (χ3v) is 5.56. The number of carbonyl (C=O) groups is 1. The molecule has 0 N–H and O–H groups in total. The lowest BCUT2D eigenvalue weighted by molar-refractivity contribution is 0.0743. The fourth-order valence-corrected chi connectivity index (χ4v) is 4.23. The minimum Gasteiger partial charge on any atom is -0.378 e. The molecule has 1 aromatic rings. The van der Waals surface area contributed by atoms with Gasteiger partial charge in [-0.25, -0.2) is 0 Å².